The number of β-amino-alcohol motifs (C(OH)–C–C–N with tert-alkyl or cyclic N) is 1. The van der Waals surface area contributed by atoms with Crippen molar-refractivity contribution in [3.8, 4) is 5.75 Å². The fraction of sp³-hybridized carbons (Fsp3) is 0.615. The van der Waals surface area contributed by atoms with Gasteiger partial charge in [-0.25, -0.2) is 0 Å². The van der Waals surface area contributed by atoms with E-state index in [1.54, 1.807) is 17.2 Å². The van der Waals surface area contributed by atoms with Crippen molar-refractivity contribution in [1.29, 1.82) is 0 Å². The molecule has 0 aliphatic carbocycles. The summed E-state index contributed by atoms with van der Waals surface area (Å²) in [7, 11) is 0. The number of rotatable bonds is 4. The van der Waals surface area contributed by atoms with E-state index in [1.807, 2.05) is 0 Å². The van der Waals surface area contributed by atoms with E-state index in [2.05, 4.69) is 4.98 Å². The zero-order valence-electron chi connectivity index (χ0n) is 11.2. The zero-order valence-corrected chi connectivity index (χ0v) is 11.9. The third-order valence-electron chi connectivity index (χ3n) is 3.33. The minimum absolute atomic E-state index is 0.0791. The topological polar surface area (TPSA) is 45.6 Å². The summed E-state index contributed by atoms with van der Waals surface area (Å²) in [4.78, 5) is 5.50. The SMILES string of the molecule is OC(CN1CCC(Oc2cncc(Cl)c2)CC1)C(F)(F)F. The largest absolute Gasteiger partial charge is 0.489 e. The van der Waals surface area contributed by atoms with Gasteiger partial charge < -0.3 is 14.7 Å². The number of ether oxygens (including phenoxy) is 1. The van der Waals surface area contributed by atoms with Crippen LogP contribution in [0.2, 0.25) is 5.02 Å². The number of pyridine rings is 1. The lowest BCUT2D eigenvalue weighted by atomic mass is 10.1. The molecule has 1 aromatic rings. The van der Waals surface area contributed by atoms with Crippen molar-refractivity contribution in [1.82, 2.24) is 9.88 Å². The molecule has 1 aliphatic heterocycles. The van der Waals surface area contributed by atoms with Gasteiger partial charge in [0.15, 0.2) is 6.10 Å². The molecule has 0 radical (unpaired) electrons. The van der Waals surface area contributed by atoms with Crippen LogP contribution in [0, 0.1) is 0 Å². The molecular weight excluding hydrogens is 309 g/mol. The summed E-state index contributed by atoms with van der Waals surface area (Å²) in [5.74, 6) is 0.552. The first kappa shape index (κ1) is 16.3. The molecule has 0 saturated carbocycles. The van der Waals surface area contributed by atoms with E-state index in [4.69, 9.17) is 21.4 Å². The Hall–Kier alpha value is -1.05. The average molecular weight is 325 g/mol. The molecule has 0 amide bonds. The Morgan fingerprint density at radius 3 is 2.62 bits per heavy atom. The molecule has 8 heteroatoms. The fourth-order valence-corrected chi connectivity index (χ4v) is 2.37. The van der Waals surface area contributed by atoms with Crippen molar-refractivity contribution in [2.45, 2.75) is 31.2 Å². The molecule has 1 aliphatic rings. The number of alkyl halides is 3. The summed E-state index contributed by atoms with van der Waals surface area (Å²) < 4.78 is 42.6. The number of likely N-dealkylation sites (tertiary alicyclic amines) is 1. The molecule has 0 spiro atoms. The van der Waals surface area contributed by atoms with Crippen molar-refractivity contribution < 1.29 is 23.0 Å². The predicted molar refractivity (Wildman–Crippen MR) is 71.4 cm³/mol. The maximum atomic E-state index is 12.3. The summed E-state index contributed by atoms with van der Waals surface area (Å²) in [6.07, 6.45) is -2.72. The average Bonchev–Trinajstić information content (AvgIpc) is 2.40. The molecule has 1 unspecified atom stereocenters. The first-order valence-corrected chi connectivity index (χ1v) is 6.97. The van der Waals surface area contributed by atoms with Crippen molar-refractivity contribution in [2.75, 3.05) is 19.6 Å². The molecule has 0 aromatic carbocycles. The first-order chi connectivity index (χ1) is 9.84. The van der Waals surface area contributed by atoms with E-state index >= 15 is 0 Å². The van der Waals surface area contributed by atoms with Gasteiger partial charge >= 0.3 is 6.18 Å². The highest BCUT2D eigenvalue weighted by Crippen LogP contribution is 2.24. The number of piperidine rings is 1. The van der Waals surface area contributed by atoms with Crippen LogP contribution in [0.4, 0.5) is 13.2 Å². The van der Waals surface area contributed by atoms with E-state index < -0.39 is 18.8 Å². The van der Waals surface area contributed by atoms with Crippen LogP contribution in [0.15, 0.2) is 18.5 Å². The van der Waals surface area contributed by atoms with Crippen LogP contribution in [-0.2, 0) is 0 Å². The summed E-state index contributed by atoms with van der Waals surface area (Å²) in [5.41, 5.74) is 0. The molecule has 1 aromatic heterocycles. The Kier molecular flexibility index (Phi) is 5.29. The summed E-state index contributed by atoms with van der Waals surface area (Å²) in [6, 6.07) is 1.65. The number of aromatic nitrogens is 1. The fourth-order valence-electron chi connectivity index (χ4n) is 2.21. The van der Waals surface area contributed by atoms with Crippen molar-refractivity contribution in [3.05, 3.63) is 23.5 Å². The molecule has 1 N–H and O–H groups in total. The molecule has 1 saturated heterocycles. The molecule has 1 fully saturated rings. The first-order valence-electron chi connectivity index (χ1n) is 6.59. The number of aliphatic hydroxyl groups excluding tert-OH is 1. The highest BCUT2D eigenvalue weighted by Gasteiger charge is 2.39. The number of halogens is 4. The van der Waals surface area contributed by atoms with Crippen LogP contribution in [0.5, 0.6) is 5.75 Å². The zero-order chi connectivity index (χ0) is 15.5. The van der Waals surface area contributed by atoms with Crippen LogP contribution in [-0.4, -0.2) is 53.0 Å². The third kappa shape index (κ3) is 5.01. The van der Waals surface area contributed by atoms with Gasteiger partial charge in [-0.1, -0.05) is 11.6 Å². The van der Waals surface area contributed by atoms with Gasteiger partial charge in [-0.15, -0.1) is 0 Å². The number of hydrogen-bond donors (Lipinski definition) is 1. The van der Waals surface area contributed by atoms with Gasteiger partial charge in [0.05, 0.1) is 11.2 Å². The van der Waals surface area contributed by atoms with Gasteiger partial charge in [-0.05, 0) is 12.8 Å². The molecule has 2 heterocycles. The van der Waals surface area contributed by atoms with E-state index in [9.17, 15) is 13.2 Å². The number of aliphatic hydroxyl groups is 1. The van der Waals surface area contributed by atoms with Gasteiger partial charge in [0.1, 0.15) is 11.9 Å². The van der Waals surface area contributed by atoms with Crippen LogP contribution >= 0.6 is 11.6 Å². The van der Waals surface area contributed by atoms with E-state index in [0.29, 0.717) is 36.7 Å². The van der Waals surface area contributed by atoms with Crippen molar-refractivity contribution in [3.63, 3.8) is 0 Å². The summed E-state index contributed by atoms with van der Waals surface area (Å²) >= 11 is 5.80. The molecule has 2 rings (SSSR count). The Balaban J connectivity index is 1.78. The maximum absolute atomic E-state index is 12.3. The number of hydrogen-bond acceptors (Lipinski definition) is 4. The monoisotopic (exact) mass is 324 g/mol. The Bertz CT molecular complexity index is 465. The third-order valence-corrected chi connectivity index (χ3v) is 3.53. The van der Waals surface area contributed by atoms with Crippen LogP contribution < -0.4 is 4.74 Å². The van der Waals surface area contributed by atoms with E-state index in [1.165, 1.54) is 6.20 Å². The molecule has 21 heavy (non-hydrogen) atoms. The minimum Gasteiger partial charge on any atom is -0.489 e. The highest BCUT2D eigenvalue weighted by molar-refractivity contribution is 6.30. The Morgan fingerprint density at radius 2 is 2.05 bits per heavy atom. The van der Waals surface area contributed by atoms with Gasteiger partial charge in [0, 0.05) is 31.9 Å². The minimum atomic E-state index is -4.57. The summed E-state index contributed by atoms with van der Waals surface area (Å²) in [5, 5.41) is 9.52. The molecule has 1 atom stereocenters. The van der Waals surface area contributed by atoms with Gasteiger partial charge in [0.25, 0.3) is 0 Å². The second-order valence-corrected chi connectivity index (χ2v) is 5.45. The van der Waals surface area contributed by atoms with Crippen molar-refractivity contribution >= 4 is 11.6 Å². The highest BCUT2D eigenvalue weighted by atomic mass is 35.5. The van der Waals surface area contributed by atoms with Crippen LogP contribution in [0.25, 0.3) is 0 Å². The van der Waals surface area contributed by atoms with E-state index in [0.717, 1.165) is 0 Å². The summed E-state index contributed by atoms with van der Waals surface area (Å²) in [6.45, 7) is 0.506. The van der Waals surface area contributed by atoms with Crippen LogP contribution in [0.3, 0.4) is 0 Å². The Morgan fingerprint density at radius 1 is 1.38 bits per heavy atom. The maximum Gasteiger partial charge on any atom is 0.415 e. The lowest BCUT2D eigenvalue weighted by Gasteiger charge is -2.33. The number of nitrogens with zero attached hydrogens (tertiary/aromatic N) is 2. The smallest absolute Gasteiger partial charge is 0.415 e. The van der Waals surface area contributed by atoms with Gasteiger partial charge in [0.2, 0.25) is 0 Å². The van der Waals surface area contributed by atoms with E-state index in [-0.39, 0.29) is 6.10 Å². The van der Waals surface area contributed by atoms with Crippen LogP contribution in [0.1, 0.15) is 12.8 Å². The second kappa shape index (κ2) is 6.81. The Labute approximate surface area is 125 Å². The molecule has 118 valence electrons. The standard InChI is InChI=1S/C13H16ClF3N2O2/c14-9-5-11(7-18-6-9)21-10-1-3-19(4-2-10)8-12(20)13(15,16)17/h5-7,10,12,20H,1-4,8H2. The van der Waals surface area contributed by atoms with Crippen molar-refractivity contribution in [2.24, 2.45) is 0 Å². The van der Waals surface area contributed by atoms with Gasteiger partial charge in [-0.3, -0.25) is 4.98 Å². The lowest BCUT2D eigenvalue weighted by molar-refractivity contribution is -0.208. The second-order valence-electron chi connectivity index (χ2n) is 5.01. The van der Waals surface area contributed by atoms with Gasteiger partial charge in [-0.2, -0.15) is 13.2 Å². The molecule has 4 nitrogen and oxygen atoms in total. The molecular formula is C13H16ClF3N2O2. The quantitative estimate of drug-likeness (QED) is 0.924. The normalized spacial score (nSPS) is 19.5. The predicted octanol–water partition coefficient (Wildman–Crippen LogP) is 2.50. The lowest BCUT2D eigenvalue weighted by Crippen LogP contribution is -2.45. The molecule has 0 bridgehead atoms.